The number of anilines is 1. The topological polar surface area (TPSA) is 37.4 Å². The first-order valence-electron chi connectivity index (χ1n) is 6.29. The van der Waals surface area contributed by atoms with E-state index in [1.54, 1.807) is 17.0 Å². The smallest absolute Gasteiger partial charge is 0.299 e. The Hall–Kier alpha value is -0.680. The van der Waals surface area contributed by atoms with Crippen LogP contribution in [0.25, 0.3) is 0 Å². The van der Waals surface area contributed by atoms with Gasteiger partial charge in [-0.05, 0) is 46.3 Å². The van der Waals surface area contributed by atoms with Crippen LogP contribution in [0.15, 0.2) is 22.7 Å². The number of nitrogens with zero attached hydrogens (tertiary/aromatic N) is 1. The molecule has 0 spiro atoms. The first-order valence-corrected chi connectivity index (χ1v) is 8.20. The summed E-state index contributed by atoms with van der Waals surface area (Å²) in [5.74, 6) is -0.783. The van der Waals surface area contributed by atoms with Gasteiger partial charge >= 0.3 is 0 Å². The summed E-state index contributed by atoms with van der Waals surface area (Å²) in [5, 5.41) is 0.873. The van der Waals surface area contributed by atoms with E-state index in [0.29, 0.717) is 12.1 Å². The second-order valence-electron chi connectivity index (χ2n) is 5.34. The number of fused-ring (bicyclic) bond motifs is 1. The quantitative estimate of drug-likeness (QED) is 0.588. The number of amides is 1. The van der Waals surface area contributed by atoms with Crippen LogP contribution in [0, 0.1) is 5.41 Å². The number of Topliss-reactive ketones (excluding diaryl/α,β-unsaturated/α-hetero) is 1. The predicted octanol–water partition coefficient (Wildman–Crippen LogP) is 3.54. The molecule has 1 aliphatic carbocycles. The van der Waals surface area contributed by atoms with E-state index in [2.05, 4.69) is 31.9 Å². The van der Waals surface area contributed by atoms with Crippen molar-refractivity contribution in [2.24, 2.45) is 5.41 Å². The molecule has 1 amide bonds. The Morgan fingerprint density at radius 3 is 2.58 bits per heavy atom. The van der Waals surface area contributed by atoms with Gasteiger partial charge in [0.1, 0.15) is 0 Å². The van der Waals surface area contributed by atoms with Crippen LogP contribution in [0.2, 0.25) is 0 Å². The van der Waals surface area contributed by atoms with Gasteiger partial charge in [0.2, 0.25) is 0 Å². The van der Waals surface area contributed by atoms with E-state index in [1.165, 1.54) is 6.42 Å². The molecule has 0 unspecified atom stereocenters. The van der Waals surface area contributed by atoms with Gasteiger partial charge < -0.3 is 4.90 Å². The second kappa shape index (κ2) is 4.70. The predicted molar refractivity (Wildman–Crippen MR) is 80.9 cm³/mol. The van der Waals surface area contributed by atoms with Crippen LogP contribution in [-0.4, -0.2) is 23.6 Å². The van der Waals surface area contributed by atoms with Crippen molar-refractivity contribution < 1.29 is 9.59 Å². The molecule has 0 atom stereocenters. The molecule has 1 aliphatic heterocycles. The van der Waals surface area contributed by atoms with Crippen LogP contribution in [-0.2, 0) is 4.79 Å². The van der Waals surface area contributed by atoms with Crippen LogP contribution in [0.3, 0.4) is 0 Å². The fourth-order valence-corrected chi connectivity index (χ4v) is 4.13. The van der Waals surface area contributed by atoms with Crippen LogP contribution in [0.1, 0.15) is 29.6 Å². The molecule has 1 aromatic carbocycles. The Morgan fingerprint density at radius 1 is 1.26 bits per heavy atom. The fourth-order valence-electron chi connectivity index (χ4n) is 2.81. The number of carbonyl (C=O) groups excluding carboxylic acids is 2. The highest BCUT2D eigenvalue weighted by Gasteiger charge is 2.44. The lowest BCUT2D eigenvalue weighted by Crippen LogP contribution is -2.45. The lowest BCUT2D eigenvalue weighted by atomic mass is 9.70. The van der Waals surface area contributed by atoms with Gasteiger partial charge in [-0.2, -0.15) is 0 Å². The minimum atomic E-state index is -0.394. The normalized spacial score (nSPS) is 20.4. The van der Waals surface area contributed by atoms with Crippen LogP contribution in [0.5, 0.6) is 0 Å². The van der Waals surface area contributed by atoms with Crippen molar-refractivity contribution in [3.8, 4) is 0 Å². The zero-order chi connectivity index (χ0) is 13.6. The third-order valence-corrected chi connectivity index (χ3v) is 5.96. The maximum absolute atomic E-state index is 12.2. The number of halogens is 2. The molecule has 3 rings (SSSR count). The molecule has 19 heavy (non-hydrogen) atoms. The first-order chi connectivity index (χ1) is 9.08. The third kappa shape index (κ3) is 1.98. The lowest BCUT2D eigenvalue weighted by molar-refractivity contribution is -0.114. The molecule has 100 valence electrons. The molecule has 0 bridgehead atoms. The highest BCUT2D eigenvalue weighted by atomic mass is 79.9. The molecule has 3 nitrogen and oxygen atoms in total. The molecular weight excluding hydrogens is 374 g/mol. The molecule has 5 heteroatoms. The number of ketones is 1. The Morgan fingerprint density at radius 2 is 2.00 bits per heavy atom. The zero-order valence-electron chi connectivity index (χ0n) is 10.3. The Kier molecular flexibility index (Phi) is 3.29. The number of rotatable bonds is 3. The van der Waals surface area contributed by atoms with Gasteiger partial charge in [-0.3, -0.25) is 9.59 Å². The summed E-state index contributed by atoms with van der Waals surface area (Å²) in [7, 11) is 0. The Bertz CT molecular complexity index is 561. The average molecular weight is 387 g/mol. The maximum Gasteiger partial charge on any atom is 0.299 e. The minimum absolute atomic E-state index is 0.132. The van der Waals surface area contributed by atoms with Gasteiger partial charge in [0, 0.05) is 16.3 Å². The van der Waals surface area contributed by atoms with Gasteiger partial charge in [0.15, 0.2) is 0 Å². The number of benzene rings is 1. The van der Waals surface area contributed by atoms with E-state index < -0.39 is 5.91 Å². The molecular formula is C14H13Br2NO2. The molecule has 0 N–H and O–H groups in total. The van der Waals surface area contributed by atoms with E-state index >= 15 is 0 Å². The van der Waals surface area contributed by atoms with Crippen LogP contribution in [0.4, 0.5) is 5.69 Å². The number of para-hydroxylation sites is 1. The fraction of sp³-hybridized carbons (Fsp3) is 0.429. The molecule has 2 aliphatic rings. The standard InChI is InChI=1S/C14H13Br2NO2/c15-7-14(5-2-6-14)8-17-11-9(12(18)13(17)19)3-1-4-10(11)16/h1,3-4H,2,5-8H2. The van der Waals surface area contributed by atoms with Crippen LogP contribution >= 0.6 is 31.9 Å². The largest absolute Gasteiger partial charge is 0.303 e. The van der Waals surface area contributed by atoms with Gasteiger partial charge in [-0.15, -0.1) is 0 Å². The van der Waals surface area contributed by atoms with Crippen molar-refractivity contribution in [1.29, 1.82) is 0 Å². The number of alkyl halides is 1. The van der Waals surface area contributed by atoms with Gasteiger partial charge in [-0.25, -0.2) is 0 Å². The molecule has 0 saturated heterocycles. The van der Waals surface area contributed by atoms with E-state index in [4.69, 9.17) is 0 Å². The van der Waals surface area contributed by atoms with Crippen molar-refractivity contribution in [3.05, 3.63) is 28.2 Å². The molecule has 0 radical (unpaired) electrons. The molecule has 1 fully saturated rings. The number of hydrogen-bond donors (Lipinski definition) is 0. The summed E-state index contributed by atoms with van der Waals surface area (Å²) in [6, 6.07) is 5.39. The van der Waals surface area contributed by atoms with Gasteiger partial charge in [-0.1, -0.05) is 28.4 Å². The van der Waals surface area contributed by atoms with E-state index in [0.717, 1.165) is 28.3 Å². The Balaban J connectivity index is 1.99. The molecule has 0 aromatic heterocycles. The van der Waals surface area contributed by atoms with E-state index in [1.807, 2.05) is 6.07 Å². The third-order valence-electron chi connectivity index (χ3n) is 4.13. The first kappa shape index (κ1) is 13.3. The summed E-state index contributed by atoms with van der Waals surface area (Å²) in [6.45, 7) is 0.623. The number of hydrogen-bond acceptors (Lipinski definition) is 2. The van der Waals surface area contributed by atoms with Crippen molar-refractivity contribution in [3.63, 3.8) is 0 Å². The van der Waals surface area contributed by atoms with Crippen molar-refractivity contribution in [1.82, 2.24) is 0 Å². The molecule has 1 aromatic rings. The van der Waals surface area contributed by atoms with Crippen molar-refractivity contribution in [2.45, 2.75) is 19.3 Å². The zero-order valence-corrected chi connectivity index (χ0v) is 13.5. The highest BCUT2D eigenvalue weighted by Crippen LogP contribution is 2.46. The molecule has 1 saturated carbocycles. The second-order valence-corrected chi connectivity index (χ2v) is 6.76. The van der Waals surface area contributed by atoms with Gasteiger partial charge in [0.25, 0.3) is 11.7 Å². The summed E-state index contributed by atoms with van der Waals surface area (Å²) >= 11 is 7.00. The number of carbonyl (C=O) groups is 2. The summed E-state index contributed by atoms with van der Waals surface area (Å²) < 4.78 is 0.813. The van der Waals surface area contributed by atoms with Gasteiger partial charge in [0.05, 0.1) is 11.3 Å². The van der Waals surface area contributed by atoms with E-state index in [9.17, 15) is 9.59 Å². The summed E-state index contributed by atoms with van der Waals surface area (Å²) in [6.07, 6.45) is 3.41. The van der Waals surface area contributed by atoms with E-state index in [-0.39, 0.29) is 11.2 Å². The average Bonchev–Trinajstić information content (AvgIpc) is 2.60. The SMILES string of the molecule is O=C1C(=O)N(CC2(CBr)CCC2)c2c(Br)cccc21. The monoisotopic (exact) mass is 385 g/mol. The Labute approximate surface area is 128 Å². The molecule has 1 heterocycles. The van der Waals surface area contributed by atoms with Crippen molar-refractivity contribution in [2.75, 3.05) is 16.8 Å². The highest BCUT2D eigenvalue weighted by molar-refractivity contribution is 9.10. The lowest BCUT2D eigenvalue weighted by Gasteiger charge is -2.43. The maximum atomic E-state index is 12.2. The van der Waals surface area contributed by atoms with Crippen molar-refractivity contribution >= 4 is 49.2 Å². The van der Waals surface area contributed by atoms with Crippen LogP contribution < -0.4 is 4.90 Å². The minimum Gasteiger partial charge on any atom is -0.303 e. The summed E-state index contributed by atoms with van der Waals surface area (Å²) in [5.41, 5.74) is 1.39. The summed E-state index contributed by atoms with van der Waals surface area (Å²) in [4.78, 5) is 25.9.